The molecule has 2 amide bonds. The van der Waals surface area contributed by atoms with Crippen LogP contribution in [0.2, 0.25) is 5.02 Å². The van der Waals surface area contributed by atoms with Gasteiger partial charge in [-0.1, -0.05) is 23.7 Å². The number of ether oxygens (including phenoxy) is 1. The van der Waals surface area contributed by atoms with Crippen LogP contribution in [0.25, 0.3) is 27.9 Å². The van der Waals surface area contributed by atoms with Crippen molar-refractivity contribution in [3.63, 3.8) is 0 Å². The third-order valence-corrected chi connectivity index (χ3v) is 7.36. The molecule has 0 radical (unpaired) electrons. The van der Waals surface area contributed by atoms with E-state index >= 15 is 4.39 Å². The fourth-order valence-corrected chi connectivity index (χ4v) is 4.99. The van der Waals surface area contributed by atoms with Crippen molar-refractivity contribution < 1.29 is 23.4 Å². The van der Waals surface area contributed by atoms with Gasteiger partial charge in [0.15, 0.2) is 18.1 Å². The third-order valence-electron chi connectivity index (χ3n) is 7.07. The second-order valence-corrected chi connectivity index (χ2v) is 10.3. The molecule has 0 spiro atoms. The van der Waals surface area contributed by atoms with E-state index in [1.807, 2.05) is 0 Å². The van der Waals surface area contributed by atoms with Gasteiger partial charge in [0.05, 0.1) is 41.7 Å². The van der Waals surface area contributed by atoms with Crippen LogP contribution in [-0.4, -0.2) is 58.9 Å². The SMILES string of the molecule is COC(=O)Nc1ccc(-c2cnn(C(Cn3ccc(C(N)=O)n3)c3ccc(-c4c(-n5cnnn5)ccc(Cl)c4F)c[n+]3[O-])c2)cc1. The molecule has 3 N–H and O–H groups in total. The highest BCUT2D eigenvalue weighted by atomic mass is 35.5. The van der Waals surface area contributed by atoms with Crippen LogP contribution in [0.1, 0.15) is 22.2 Å². The van der Waals surface area contributed by atoms with Crippen LogP contribution < -0.4 is 15.8 Å². The molecule has 0 saturated heterocycles. The zero-order chi connectivity index (χ0) is 32.4. The molecule has 0 fully saturated rings. The minimum Gasteiger partial charge on any atom is -0.618 e. The van der Waals surface area contributed by atoms with Gasteiger partial charge in [-0.2, -0.15) is 19.6 Å². The van der Waals surface area contributed by atoms with Gasteiger partial charge in [0, 0.05) is 29.7 Å². The molecule has 4 heterocycles. The highest BCUT2D eigenvalue weighted by Crippen LogP contribution is 2.33. The van der Waals surface area contributed by atoms with E-state index in [2.05, 4.69) is 35.8 Å². The predicted octanol–water partition coefficient (Wildman–Crippen LogP) is 3.38. The van der Waals surface area contributed by atoms with Crippen LogP contribution in [0, 0.1) is 11.0 Å². The summed E-state index contributed by atoms with van der Waals surface area (Å²) in [6, 6.07) is 13.8. The van der Waals surface area contributed by atoms with Gasteiger partial charge >= 0.3 is 6.09 Å². The van der Waals surface area contributed by atoms with Crippen LogP contribution in [-0.2, 0) is 11.3 Å². The molecule has 6 aromatic rings. The zero-order valence-corrected chi connectivity index (χ0v) is 24.6. The van der Waals surface area contributed by atoms with E-state index in [4.69, 9.17) is 17.3 Å². The number of hydrogen-bond acceptors (Lipinski definition) is 9. The molecule has 232 valence electrons. The number of nitrogens with two attached hydrogens (primary N) is 1. The number of pyridine rings is 1. The van der Waals surface area contributed by atoms with Crippen LogP contribution in [0.4, 0.5) is 14.9 Å². The Hall–Kier alpha value is -6.16. The molecule has 1 unspecified atom stereocenters. The molecule has 0 aliphatic heterocycles. The lowest BCUT2D eigenvalue weighted by Crippen LogP contribution is -2.37. The summed E-state index contributed by atoms with van der Waals surface area (Å²) in [5.74, 6) is -1.45. The predicted molar refractivity (Wildman–Crippen MR) is 161 cm³/mol. The Bertz CT molecular complexity index is 2040. The molecule has 6 rings (SSSR count). The summed E-state index contributed by atoms with van der Waals surface area (Å²) < 4.78 is 25.0. The molecule has 0 aliphatic carbocycles. The summed E-state index contributed by atoms with van der Waals surface area (Å²) in [5.41, 5.74) is 8.24. The average molecular weight is 644 g/mol. The van der Waals surface area contributed by atoms with E-state index in [0.717, 1.165) is 5.56 Å². The first-order valence-corrected chi connectivity index (χ1v) is 13.9. The maximum Gasteiger partial charge on any atom is 0.411 e. The number of rotatable bonds is 9. The number of carbonyl (C=O) groups excluding carboxylic acids is 2. The summed E-state index contributed by atoms with van der Waals surface area (Å²) in [6.07, 6.45) is 6.85. The monoisotopic (exact) mass is 643 g/mol. The van der Waals surface area contributed by atoms with Gasteiger partial charge in [0.1, 0.15) is 12.0 Å². The van der Waals surface area contributed by atoms with Gasteiger partial charge in [-0.3, -0.25) is 19.5 Å². The Morgan fingerprint density at radius 3 is 2.57 bits per heavy atom. The second kappa shape index (κ2) is 12.4. The Labute approximate surface area is 264 Å². The molecule has 46 heavy (non-hydrogen) atoms. The highest BCUT2D eigenvalue weighted by Gasteiger charge is 2.27. The van der Waals surface area contributed by atoms with E-state index in [0.29, 0.717) is 16.0 Å². The van der Waals surface area contributed by atoms with Crippen molar-refractivity contribution >= 4 is 29.3 Å². The fourth-order valence-electron chi connectivity index (χ4n) is 4.83. The number of aromatic nitrogens is 9. The Morgan fingerprint density at radius 1 is 1.11 bits per heavy atom. The van der Waals surface area contributed by atoms with Gasteiger partial charge in [-0.25, -0.2) is 9.18 Å². The summed E-state index contributed by atoms with van der Waals surface area (Å²) in [5, 5.41) is 35.9. The van der Waals surface area contributed by atoms with Crippen LogP contribution in [0.15, 0.2) is 85.7 Å². The minimum absolute atomic E-state index is 0.0252. The van der Waals surface area contributed by atoms with Gasteiger partial charge in [-0.05, 0) is 52.4 Å². The number of amides is 2. The largest absolute Gasteiger partial charge is 0.618 e. The Balaban J connectivity index is 1.38. The highest BCUT2D eigenvalue weighted by molar-refractivity contribution is 6.31. The fraction of sp³-hybridized carbons (Fsp3) is 0.103. The zero-order valence-electron chi connectivity index (χ0n) is 23.9. The molecule has 1 atom stereocenters. The lowest BCUT2D eigenvalue weighted by Gasteiger charge is -2.18. The summed E-state index contributed by atoms with van der Waals surface area (Å²) in [4.78, 5) is 23.2. The van der Waals surface area contributed by atoms with E-state index in [1.165, 1.54) is 41.1 Å². The number of nitrogens with zero attached hydrogens (tertiary/aromatic N) is 9. The number of methoxy groups -OCH3 is 1. The van der Waals surface area contributed by atoms with Crippen molar-refractivity contribution in [3.8, 4) is 27.9 Å². The first kappa shape index (κ1) is 29.9. The van der Waals surface area contributed by atoms with Crippen molar-refractivity contribution in [1.82, 2.24) is 39.8 Å². The molecule has 0 aliphatic rings. The number of benzene rings is 2. The number of hydrogen-bond donors (Lipinski definition) is 2. The van der Waals surface area contributed by atoms with Gasteiger partial charge in [0.2, 0.25) is 5.69 Å². The van der Waals surface area contributed by atoms with Crippen molar-refractivity contribution in [2.24, 2.45) is 5.73 Å². The number of carbonyl (C=O) groups is 2. The Kier molecular flexibility index (Phi) is 8.09. The van der Waals surface area contributed by atoms with Crippen molar-refractivity contribution in [2.45, 2.75) is 12.6 Å². The molecule has 0 bridgehead atoms. The summed E-state index contributed by atoms with van der Waals surface area (Å²) >= 11 is 6.10. The average Bonchev–Trinajstić information content (AvgIpc) is 3.85. The first-order chi connectivity index (χ1) is 22.2. The molecule has 0 saturated carbocycles. The Morgan fingerprint density at radius 2 is 1.89 bits per heavy atom. The van der Waals surface area contributed by atoms with E-state index in [9.17, 15) is 14.8 Å². The lowest BCUT2D eigenvalue weighted by molar-refractivity contribution is -0.615. The first-order valence-electron chi connectivity index (χ1n) is 13.5. The minimum atomic E-state index is -0.751. The number of nitrogens with one attached hydrogen (secondary N) is 1. The smallest absolute Gasteiger partial charge is 0.411 e. The van der Waals surface area contributed by atoms with Crippen molar-refractivity contribution in [3.05, 3.63) is 113 Å². The normalized spacial score (nSPS) is 11.7. The maximum absolute atomic E-state index is 15.4. The van der Waals surface area contributed by atoms with Gasteiger partial charge in [-0.15, -0.1) is 5.10 Å². The number of primary amides is 1. The summed E-state index contributed by atoms with van der Waals surface area (Å²) in [6.45, 7) is 0.0827. The van der Waals surface area contributed by atoms with Gasteiger partial charge < -0.3 is 15.7 Å². The van der Waals surface area contributed by atoms with E-state index in [1.54, 1.807) is 65.7 Å². The maximum atomic E-state index is 15.4. The standard InChI is InChI=1S/C29H23ClFN11O4/c1-46-29(44)35-20-5-2-17(3-6-20)19-12-34-40(13-19)25(15-39-11-10-22(36-39)28(32)43)23-8-4-18(14-42(23)45)26-24(41-16-33-37-38-41)9-7-21(30)27(26)31/h2-14,16,25H,15H2,1H3,(H2,32,43)(H,35,44). The molecule has 17 heteroatoms. The van der Waals surface area contributed by atoms with Gasteiger partial charge in [0.25, 0.3) is 5.91 Å². The molecular weight excluding hydrogens is 621 g/mol. The van der Waals surface area contributed by atoms with E-state index in [-0.39, 0.29) is 39.8 Å². The number of anilines is 1. The summed E-state index contributed by atoms with van der Waals surface area (Å²) in [7, 11) is 1.27. The van der Waals surface area contributed by atoms with Crippen molar-refractivity contribution in [1.29, 1.82) is 0 Å². The topological polar surface area (TPSA) is 188 Å². The van der Waals surface area contributed by atoms with Crippen LogP contribution in [0.3, 0.4) is 0 Å². The third kappa shape index (κ3) is 5.96. The molecular formula is C29H23ClFN11O4. The quantitative estimate of drug-likeness (QED) is 0.176. The number of tetrazole rings is 1. The number of halogens is 2. The van der Waals surface area contributed by atoms with Crippen LogP contribution in [0.5, 0.6) is 0 Å². The van der Waals surface area contributed by atoms with E-state index < -0.39 is 23.9 Å². The lowest BCUT2D eigenvalue weighted by atomic mass is 10.0. The van der Waals surface area contributed by atoms with Crippen LogP contribution >= 0.6 is 11.6 Å². The van der Waals surface area contributed by atoms with Crippen molar-refractivity contribution in [2.75, 3.05) is 12.4 Å². The molecule has 2 aromatic carbocycles. The second-order valence-electron chi connectivity index (χ2n) is 9.88. The molecule has 15 nitrogen and oxygen atoms in total. The molecule has 4 aromatic heterocycles.